The van der Waals surface area contributed by atoms with Gasteiger partial charge in [0.1, 0.15) is 0 Å². The molecule has 2 bridgehead atoms. The third-order valence-electron chi connectivity index (χ3n) is 3.94. The molecule has 0 spiro atoms. The van der Waals surface area contributed by atoms with Crippen LogP contribution in [0.25, 0.3) is 0 Å². The molecule has 1 aromatic rings. The van der Waals surface area contributed by atoms with E-state index in [1.807, 2.05) is 0 Å². The predicted molar refractivity (Wildman–Crippen MR) is 70.1 cm³/mol. The van der Waals surface area contributed by atoms with E-state index >= 15 is 0 Å². The van der Waals surface area contributed by atoms with Crippen LogP contribution in [0.15, 0.2) is 30.3 Å². The first-order chi connectivity index (χ1) is 7.40. The summed E-state index contributed by atoms with van der Waals surface area (Å²) < 4.78 is 0. The molecule has 2 saturated heterocycles. The zero-order valence-corrected chi connectivity index (χ0v) is 10.4. The van der Waals surface area contributed by atoms with Gasteiger partial charge >= 0.3 is 0 Å². The van der Waals surface area contributed by atoms with E-state index in [0.717, 1.165) is 18.0 Å². The summed E-state index contributed by atoms with van der Waals surface area (Å²) in [5.74, 6) is 0.922. The Hall–Kier alpha value is -0.530. The van der Waals surface area contributed by atoms with Gasteiger partial charge in [-0.25, -0.2) is 0 Å². The third kappa shape index (κ3) is 2.58. The van der Waals surface area contributed by atoms with Crippen molar-refractivity contribution < 1.29 is 0 Å². The second-order valence-corrected chi connectivity index (χ2v) is 5.17. The third-order valence-corrected chi connectivity index (χ3v) is 3.94. The molecule has 3 atom stereocenters. The molecule has 0 radical (unpaired) electrons. The van der Waals surface area contributed by atoms with Gasteiger partial charge in [0, 0.05) is 12.1 Å². The van der Waals surface area contributed by atoms with Crippen LogP contribution >= 0.6 is 12.4 Å². The lowest BCUT2D eigenvalue weighted by Crippen LogP contribution is -2.38. The van der Waals surface area contributed by atoms with E-state index in [2.05, 4.69) is 35.6 Å². The average Bonchev–Trinajstić information content (AvgIpc) is 2.60. The van der Waals surface area contributed by atoms with Crippen molar-refractivity contribution in [3.8, 4) is 0 Å². The van der Waals surface area contributed by atoms with Crippen LogP contribution in [0, 0.1) is 5.92 Å². The lowest BCUT2D eigenvalue weighted by atomic mass is 9.87. The summed E-state index contributed by atoms with van der Waals surface area (Å²) in [5.41, 5.74) is 1.52. The van der Waals surface area contributed by atoms with Gasteiger partial charge in [0.15, 0.2) is 0 Å². The lowest BCUT2D eigenvalue weighted by molar-refractivity contribution is 0.298. The van der Waals surface area contributed by atoms with Crippen molar-refractivity contribution in [3.63, 3.8) is 0 Å². The van der Waals surface area contributed by atoms with Crippen LogP contribution in [0.2, 0.25) is 0 Å². The van der Waals surface area contributed by atoms with Gasteiger partial charge in [-0.3, -0.25) is 0 Å². The zero-order valence-electron chi connectivity index (χ0n) is 9.56. The van der Waals surface area contributed by atoms with E-state index in [1.165, 1.54) is 37.7 Å². The fourth-order valence-corrected chi connectivity index (χ4v) is 3.29. The van der Waals surface area contributed by atoms with Crippen LogP contribution in [-0.2, 0) is 6.42 Å². The fourth-order valence-electron chi connectivity index (χ4n) is 3.29. The minimum atomic E-state index is 0. The maximum atomic E-state index is 3.71. The van der Waals surface area contributed by atoms with Crippen LogP contribution in [-0.4, -0.2) is 12.1 Å². The van der Waals surface area contributed by atoms with Crippen LogP contribution < -0.4 is 5.32 Å². The summed E-state index contributed by atoms with van der Waals surface area (Å²) >= 11 is 0. The Kier molecular flexibility index (Phi) is 3.88. The molecular weight excluding hydrogens is 218 g/mol. The Morgan fingerprint density at radius 3 is 2.25 bits per heavy atom. The van der Waals surface area contributed by atoms with Gasteiger partial charge in [-0.05, 0) is 43.6 Å². The molecule has 2 aliphatic rings. The average molecular weight is 238 g/mol. The molecular formula is C14H20ClN. The molecule has 1 aromatic carbocycles. The van der Waals surface area contributed by atoms with Crippen LogP contribution in [0.3, 0.4) is 0 Å². The van der Waals surface area contributed by atoms with Crippen molar-refractivity contribution in [1.29, 1.82) is 0 Å². The standard InChI is InChI=1S/C14H19N.ClH/c1-2-4-11(5-3-1)8-12-9-13-6-7-14(10-12)15-13;/h1-5,12-15H,6-10H2;1H/t12?,13-,14+;. The highest BCUT2D eigenvalue weighted by Gasteiger charge is 2.33. The Bertz CT molecular complexity index is 313. The normalized spacial score (nSPS) is 32.1. The molecule has 1 N–H and O–H groups in total. The van der Waals surface area contributed by atoms with Crippen LogP contribution in [0.4, 0.5) is 0 Å². The Labute approximate surface area is 104 Å². The number of hydrogen-bond donors (Lipinski definition) is 1. The lowest BCUT2D eigenvalue weighted by Gasteiger charge is -2.29. The van der Waals surface area contributed by atoms with Crippen molar-refractivity contribution in [3.05, 3.63) is 35.9 Å². The van der Waals surface area contributed by atoms with Crippen molar-refractivity contribution in [2.45, 2.75) is 44.2 Å². The smallest absolute Gasteiger partial charge is 0.00729 e. The molecule has 2 heterocycles. The van der Waals surface area contributed by atoms with E-state index in [0.29, 0.717) is 0 Å². The topological polar surface area (TPSA) is 12.0 Å². The summed E-state index contributed by atoms with van der Waals surface area (Å²) in [6.07, 6.45) is 6.90. The molecule has 3 rings (SSSR count). The van der Waals surface area contributed by atoms with Gasteiger partial charge in [-0.2, -0.15) is 0 Å². The molecule has 0 amide bonds. The summed E-state index contributed by atoms with van der Waals surface area (Å²) in [7, 11) is 0. The molecule has 88 valence electrons. The molecule has 0 saturated carbocycles. The fraction of sp³-hybridized carbons (Fsp3) is 0.571. The van der Waals surface area contributed by atoms with Crippen LogP contribution in [0.1, 0.15) is 31.2 Å². The highest BCUT2D eigenvalue weighted by Crippen LogP contribution is 2.32. The van der Waals surface area contributed by atoms with Crippen molar-refractivity contribution >= 4 is 12.4 Å². The second-order valence-electron chi connectivity index (χ2n) is 5.17. The number of nitrogens with one attached hydrogen (secondary N) is 1. The number of hydrogen-bond acceptors (Lipinski definition) is 1. The van der Waals surface area contributed by atoms with Gasteiger partial charge in [-0.15, -0.1) is 12.4 Å². The van der Waals surface area contributed by atoms with Crippen LogP contribution in [0.5, 0.6) is 0 Å². The minimum Gasteiger partial charge on any atom is -0.311 e. The van der Waals surface area contributed by atoms with Crippen molar-refractivity contribution in [2.75, 3.05) is 0 Å². The first-order valence-electron chi connectivity index (χ1n) is 6.20. The Balaban J connectivity index is 0.000000963. The number of piperidine rings is 1. The minimum absolute atomic E-state index is 0. The van der Waals surface area contributed by atoms with Crippen molar-refractivity contribution in [2.24, 2.45) is 5.92 Å². The van der Waals surface area contributed by atoms with Crippen molar-refractivity contribution in [1.82, 2.24) is 5.32 Å². The summed E-state index contributed by atoms with van der Waals surface area (Å²) in [6.45, 7) is 0. The molecule has 0 aromatic heterocycles. The molecule has 0 aliphatic carbocycles. The molecule has 2 fully saturated rings. The number of benzene rings is 1. The van der Waals surface area contributed by atoms with E-state index in [4.69, 9.17) is 0 Å². The van der Waals surface area contributed by atoms with Gasteiger partial charge in [0.25, 0.3) is 0 Å². The number of fused-ring (bicyclic) bond motifs is 2. The number of halogens is 1. The summed E-state index contributed by atoms with van der Waals surface area (Å²) in [5, 5.41) is 3.71. The largest absolute Gasteiger partial charge is 0.311 e. The summed E-state index contributed by atoms with van der Waals surface area (Å²) in [6, 6.07) is 12.6. The van der Waals surface area contributed by atoms with Gasteiger partial charge in [0.05, 0.1) is 0 Å². The van der Waals surface area contributed by atoms with E-state index in [-0.39, 0.29) is 12.4 Å². The SMILES string of the molecule is Cl.c1ccc(CC2C[C@H]3CC[C@@H](C2)N3)cc1. The van der Waals surface area contributed by atoms with E-state index in [9.17, 15) is 0 Å². The number of rotatable bonds is 2. The zero-order chi connectivity index (χ0) is 10.1. The highest BCUT2D eigenvalue weighted by molar-refractivity contribution is 5.85. The predicted octanol–water partition coefficient (Wildman–Crippen LogP) is 3.18. The Morgan fingerprint density at radius 1 is 1.00 bits per heavy atom. The van der Waals surface area contributed by atoms with Gasteiger partial charge in [0.2, 0.25) is 0 Å². The summed E-state index contributed by atoms with van der Waals surface area (Å²) in [4.78, 5) is 0. The molecule has 1 unspecified atom stereocenters. The molecule has 1 nitrogen and oxygen atoms in total. The van der Waals surface area contributed by atoms with E-state index in [1.54, 1.807) is 0 Å². The Morgan fingerprint density at radius 2 is 1.62 bits per heavy atom. The molecule has 2 aliphatic heterocycles. The maximum absolute atomic E-state index is 3.71. The second kappa shape index (κ2) is 5.20. The molecule has 2 heteroatoms. The van der Waals surface area contributed by atoms with Gasteiger partial charge in [-0.1, -0.05) is 30.3 Å². The first kappa shape index (κ1) is 11.9. The quantitative estimate of drug-likeness (QED) is 0.833. The van der Waals surface area contributed by atoms with Gasteiger partial charge < -0.3 is 5.32 Å². The maximum Gasteiger partial charge on any atom is 0.00729 e. The first-order valence-corrected chi connectivity index (χ1v) is 6.20. The van der Waals surface area contributed by atoms with E-state index < -0.39 is 0 Å². The highest BCUT2D eigenvalue weighted by atomic mass is 35.5. The molecule has 16 heavy (non-hydrogen) atoms. The monoisotopic (exact) mass is 237 g/mol.